The van der Waals surface area contributed by atoms with Gasteiger partial charge in [0.2, 0.25) is 0 Å². The van der Waals surface area contributed by atoms with E-state index in [0.717, 1.165) is 30.0 Å². The van der Waals surface area contributed by atoms with Crippen molar-refractivity contribution in [2.24, 2.45) is 0 Å². The smallest absolute Gasteiger partial charge is 0.272 e. The summed E-state index contributed by atoms with van der Waals surface area (Å²) in [6.45, 7) is 1.42. The molecule has 25 heavy (non-hydrogen) atoms. The first-order chi connectivity index (χ1) is 12.1. The maximum atomic E-state index is 12.6. The van der Waals surface area contributed by atoms with Gasteiger partial charge >= 0.3 is 0 Å². The maximum absolute atomic E-state index is 12.6. The molecule has 0 radical (unpaired) electrons. The summed E-state index contributed by atoms with van der Waals surface area (Å²) in [5.41, 5.74) is 2.63. The van der Waals surface area contributed by atoms with Crippen molar-refractivity contribution in [1.29, 1.82) is 0 Å². The van der Waals surface area contributed by atoms with E-state index in [0.29, 0.717) is 12.2 Å². The summed E-state index contributed by atoms with van der Waals surface area (Å²) in [7, 11) is 4.01. The van der Waals surface area contributed by atoms with E-state index in [1.807, 2.05) is 48.3 Å². The van der Waals surface area contributed by atoms with E-state index in [-0.39, 0.29) is 11.8 Å². The minimum atomic E-state index is -0.00187. The molecular formula is C19H21N5O. The van der Waals surface area contributed by atoms with Crippen molar-refractivity contribution in [2.75, 3.05) is 32.1 Å². The molecule has 6 heteroatoms. The van der Waals surface area contributed by atoms with Crippen LogP contribution < -0.4 is 4.90 Å². The summed E-state index contributed by atoms with van der Waals surface area (Å²) in [6.07, 6.45) is 6.71. The van der Waals surface area contributed by atoms with Gasteiger partial charge in [0.1, 0.15) is 5.69 Å². The third-order valence-corrected chi connectivity index (χ3v) is 4.72. The number of hydrogen-bond acceptors (Lipinski definition) is 4. The lowest BCUT2D eigenvalue weighted by atomic mass is 10.1. The number of pyridine rings is 1. The van der Waals surface area contributed by atoms with Crippen LogP contribution in [0.2, 0.25) is 0 Å². The SMILES string of the molecule is CN(C)c1nc([C@@H]2CCN(C(=O)c3ccccn3)C2)cn2cccc12. The van der Waals surface area contributed by atoms with Gasteiger partial charge in [0.15, 0.2) is 5.82 Å². The molecule has 1 amide bonds. The number of aromatic nitrogens is 3. The minimum Gasteiger partial charge on any atom is -0.361 e. The number of carbonyl (C=O) groups excluding carboxylic acids is 1. The van der Waals surface area contributed by atoms with Gasteiger partial charge in [-0.05, 0) is 30.7 Å². The molecule has 3 aromatic heterocycles. The molecule has 4 heterocycles. The van der Waals surface area contributed by atoms with Crippen LogP contribution in [0.15, 0.2) is 48.9 Å². The minimum absolute atomic E-state index is 0.00187. The lowest BCUT2D eigenvalue weighted by Gasteiger charge is -2.18. The van der Waals surface area contributed by atoms with E-state index in [4.69, 9.17) is 4.98 Å². The number of rotatable bonds is 3. The van der Waals surface area contributed by atoms with E-state index in [2.05, 4.69) is 21.6 Å². The van der Waals surface area contributed by atoms with Gasteiger partial charge in [-0.15, -0.1) is 0 Å². The van der Waals surface area contributed by atoms with Gasteiger partial charge in [-0.3, -0.25) is 9.78 Å². The second-order valence-electron chi connectivity index (χ2n) is 6.64. The van der Waals surface area contributed by atoms with Gasteiger partial charge < -0.3 is 14.2 Å². The maximum Gasteiger partial charge on any atom is 0.272 e. The predicted molar refractivity (Wildman–Crippen MR) is 97.0 cm³/mol. The fourth-order valence-electron chi connectivity index (χ4n) is 3.41. The van der Waals surface area contributed by atoms with Crippen LogP contribution in [0.1, 0.15) is 28.5 Å². The van der Waals surface area contributed by atoms with Crippen molar-refractivity contribution in [2.45, 2.75) is 12.3 Å². The predicted octanol–water partition coefficient (Wildman–Crippen LogP) is 2.43. The highest BCUT2D eigenvalue weighted by Gasteiger charge is 2.30. The van der Waals surface area contributed by atoms with Crippen molar-refractivity contribution in [3.8, 4) is 0 Å². The lowest BCUT2D eigenvalue weighted by Crippen LogP contribution is -2.29. The Morgan fingerprint density at radius 3 is 2.88 bits per heavy atom. The van der Waals surface area contributed by atoms with Gasteiger partial charge in [0.05, 0.1) is 11.2 Å². The Kier molecular flexibility index (Phi) is 3.87. The number of amides is 1. The molecule has 0 saturated carbocycles. The van der Waals surface area contributed by atoms with Gasteiger partial charge in [0, 0.05) is 51.7 Å². The van der Waals surface area contributed by atoms with E-state index >= 15 is 0 Å². The Morgan fingerprint density at radius 2 is 2.12 bits per heavy atom. The summed E-state index contributed by atoms with van der Waals surface area (Å²) in [5.74, 6) is 1.20. The summed E-state index contributed by atoms with van der Waals surface area (Å²) >= 11 is 0. The average Bonchev–Trinajstić information content (AvgIpc) is 3.30. The molecule has 1 fully saturated rings. The topological polar surface area (TPSA) is 53.7 Å². The van der Waals surface area contributed by atoms with Crippen LogP contribution >= 0.6 is 0 Å². The summed E-state index contributed by atoms with van der Waals surface area (Å²) < 4.78 is 2.11. The quantitative estimate of drug-likeness (QED) is 0.738. The first kappa shape index (κ1) is 15.6. The highest BCUT2D eigenvalue weighted by atomic mass is 16.2. The second-order valence-corrected chi connectivity index (χ2v) is 6.64. The number of hydrogen-bond donors (Lipinski definition) is 0. The van der Waals surface area contributed by atoms with Crippen molar-refractivity contribution in [3.63, 3.8) is 0 Å². The van der Waals surface area contributed by atoms with Crippen molar-refractivity contribution < 1.29 is 4.79 Å². The molecule has 128 valence electrons. The number of anilines is 1. The largest absolute Gasteiger partial charge is 0.361 e. The van der Waals surface area contributed by atoms with Crippen molar-refractivity contribution >= 4 is 17.2 Å². The lowest BCUT2D eigenvalue weighted by molar-refractivity contribution is 0.0785. The summed E-state index contributed by atoms with van der Waals surface area (Å²) in [6, 6.07) is 9.53. The zero-order valence-electron chi connectivity index (χ0n) is 14.5. The number of nitrogens with zero attached hydrogens (tertiary/aromatic N) is 5. The van der Waals surface area contributed by atoms with E-state index < -0.39 is 0 Å². The number of fused-ring (bicyclic) bond motifs is 1. The molecule has 4 rings (SSSR count). The molecule has 0 bridgehead atoms. The van der Waals surface area contributed by atoms with Crippen LogP contribution in [0.5, 0.6) is 0 Å². The van der Waals surface area contributed by atoms with Crippen LogP contribution in [0.4, 0.5) is 5.82 Å². The molecule has 6 nitrogen and oxygen atoms in total. The van der Waals surface area contributed by atoms with Crippen molar-refractivity contribution in [1.82, 2.24) is 19.3 Å². The zero-order valence-corrected chi connectivity index (χ0v) is 14.5. The fourth-order valence-corrected chi connectivity index (χ4v) is 3.41. The third-order valence-electron chi connectivity index (χ3n) is 4.72. The molecule has 1 saturated heterocycles. The van der Waals surface area contributed by atoms with Crippen LogP contribution in [0.25, 0.3) is 5.52 Å². The molecular weight excluding hydrogens is 314 g/mol. The zero-order chi connectivity index (χ0) is 17.4. The fraction of sp³-hybridized carbons (Fsp3) is 0.316. The second kappa shape index (κ2) is 6.20. The monoisotopic (exact) mass is 335 g/mol. The molecule has 3 aromatic rings. The average molecular weight is 335 g/mol. The van der Waals surface area contributed by atoms with Crippen LogP contribution in [-0.4, -0.2) is 52.4 Å². The standard InChI is InChI=1S/C19H21N5O/c1-22(2)18-17-7-5-10-23(17)13-16(21-18)14-8-11-24(12-14)19(25)15-6-3-4-9-20-15/h3-7,9-10,13-14H,8,11-12H2,1-2H3/t14-/m1/s1. The molecule has 0 aromatic carbocycles. The molecule has 0 aliphatic carbocycles. The Labute approximate surface area is 146 Å². The highest BCUT2D eigenvalue weighted by Crippen LogP contribution is 2.29. The Bertz CT molecular complexity index is 903. The Morgan fingerprint density at radius 1 is 1.24 bits per heavy atom. The van der Waals surface area contributed by atoms with Gasteiger partial charge in [-0.1, -0.05) is 6.07 Å². The number of likely N-dealkylation sites (tertiary alicyclic amines) is 1. The Hall–Kier alpha value is -2.89. The van der Waals surface area contributed by atoms with Crippen LogP contribution in [0, 0.1) is 0 Å². The van der Waals surface area contributed by atoms with E-state index in [9.17, 15) is 4.79 Å². The molecule has 0 N–H and O–H groups in total. The highest BCUT2D eigenvalue weighted by molar-refractivity contribution is 5.92. The van der Waals surface area contributed by atoms with Gasteiger partial charge in [-0.2, -0.15) is 0 Å². The van der Waals surface area contributed by atoms with Gasteiger partial charge in [-0.25, -0.2) is 4.98 Å². The van der Waals surface area contributed by atoms with Gasteiger partial charge in [0.25, 0.3) is 5.91 Å². The van der Waals surface area contributed by atoms with E-state index in [1.54, 1.807) is 12.3 Å². The van der Waals surface area contributed by atoms with Crippen LogP contribution in [-0.2, 0) is 0 Å². The first-order valence-electron chi connectivity index (χ1n) is 8.49. The molecule has 1 aliphatic heterocycles. The van der Waals surface area contributed by atoms with Crippen LogP contribution in [0.3, 0.4) is 0 Å². The number of carbonyl (C=O) groups is 1. The molecule has 0 unspecified atom stereocenters. The molecule has 1 atom stereocenters. The summed E-state index contributed by atoms with van der Waals surface area (Å²) in [5, 5.41) is 0. The Balaban J connectivity index is 1.59. The first-order valence-corrected chi connectivity index (χ1v) is 8.49. The molecule has 0 spiro atoms. The third kappa shape index (κ3) is 2.84. The van der Waals surface area contributed by atoms with E-state index in [1.165, 1.54) is 0 Å². The van der Waals surface area contributed by atoms with Crippen molar-refractivity contribution in [3.05, 3.63) is 60.3 Å². The normalized spacial score (nSPS) is 17.2. The molecule has 1 aliphatic rings. The summed E-state index contributed by atoms with van der Waals surface area (Å²) in [4.78, 5) is 25.6.